The summed E-state index contributed by atoms with van der Waals surface area (Å²) in [6.07, 6.45) is 2.86. The second-order valence-electron chi connectivity index (χ2n) is 6.74. The molecule has 0 unspecified atom stereocenters. The summed E-state index contributed by atoms with van der Waals surface area (Å²) in [4.78, 5) is 19.6. The van der Waals surface area contributed by atoms with Gasteiger partial charge in [0.2, 0.25) is 5.91 Å². The van der Waals surface area contributed by atoms with Gasteiger partial charge in [0.25, 0.3) is 0 Å². The average Bonchev–Trinajstić information content (AvgIpc) is 3.41. The molecular weight excluding hydrogens is 384 g/mol. The SMILES string of the molecule is CCc1ccc2nc(N(Cc3ccco3)C(=O)Cc3ccc(OC)cc3)sc2c1. The van der Waals surface area contributed by atoms with Gasteiger partial charge in [-0.15, -0.1) is 0 Å². The number of ether oxygens (including phenoxy) is 1. The lowest BCUT2D eigenvalue weighted by atomic mass is 10.1. The Morgan fingerprint density at radius 3 is 2.62 bits per heavy atom. The normalized spacial score (nSPS) is 11.0. The van der Waals surface area contributed by atoms with E-state index in [0.29, 0.717) is 11.7 Å². The van der Waals surface area contributed by atoms with Crippen LogP contribution in [0.25, 0.3) is 10.2 Å². The highest BCUT2D eigenvalue weighted by atomic mass is 32.1. The Balaban J connectivity index is 1.64. The second kappa shape index (κ2) is 8.49. The largest absolute Gasteiger partial charge is 0.497 e. The number of rotatable bonds is 7. The van der Waals surface area contributed by atoms with E-state index < -0.39 is 0 Å². The molecule has 0 aliphatic carbocycles. The standard InChI is InChI=1S/C23H22N2O3S/c1-3-16-8-11-20-21(13-16)29-23(24-20)25(15-19-5-4-12-28-19)22(26)14-17-6-9-18(27-2)10-7-17/h4-13H,3,14-15H2,1-2H3. The molecule has 2 heterocycles. The Labute approximate surface area is 173 Å². The number of fused-ring (bicyclic) bond motifs is 1. The molecule has 0 aliphatic heterocycles. The summed E-state index contributed by atoms with van der Waals surface area (Å²) in [5.74, 6) is 1.47. The number of hydrogen-bond donors (Lipinski definition) is 0. The van der Waals surface area contributed by atoms with Crippen molar-refractivity contribution in [1.29, 1.82) is 0 Å². The van der Waals surface area contributed by atoms with Crippen molar-refractivity contribution >= 4 is 32.6 Å². The van der Waals surface area contributed by atoms with Crippen LogP contribution in [0.1, 0.15) is 23.8 Å². The van der Waals surface area contributed by atoms with Crippen molar-refractivity contribution in [3.63, 3.8) is 0 Å². The molecule has 148 valence electrons. The van der Waals surface area contributed by atoms with E-state index >= 15 is 0 Å². The molecule has 0 bridgehead atoms. The monoisotopic (exact) mass is 406 g/mol. The minimum Gasteiger partial charge on any atom is -0.497 e. The zero-order chi connectivity index (χ0) is 20.2. The molecule has 0 radical (unpaired) electrons. The first kappa shape index (κ1) is 19.2. The smallest absolute Gasteiger partial charge is 0.233 e. The van der Waals surface area contributed by atoms with Crippen LogP contribution in [0.2, 0.25) is 0 Å². The summed E-state index contributed by atoms with van der Waals surface area (Å²) in [6, 6.07) is 17.5. The van der Waals surface area contributed by atoms with Crippen LogP contribution in [0.4, 0.5) is 5.13 Å². The third-order valence-electron chi connectivity index (χ3n) is 4.79. The number of thiazole rings is 1. The molecule has 5 nitrogen and oxygen atoms in total. The van der Waals surface area contributed by atoms with E-state index in [1.807, 2.05) is 42.5 Å². The van der Waals surface area contributed by atoms with E-state index in [2.05, 4.69) is 19.1 Å². The van der Waals surface area contributed by atoms with Crippen LogP contribution in [0.15, 0.2) is 65.3 Å². The Morgan fingerprint density at radius 1 is 1.14 bits per heavy atom. The summed E-state index contributed by atoms with van der Waals surface area (Å²) in [7, 11) is 1.63. The molecule has 0 saturated heterocycles. The second-order valence-corrected chi connectivity index (χ2v) is 7.75. The van der Waals surface area contributed by atoms with Gasteiger partial charge in [0.05, 0.1) is 36.6 Å². The number of benzene rings is 2. The molecule has 0 N–H and O–H groups in total. The molecule has 0 saturated carbocycles. The van der Waals surface area contributed by atoms with E-state index in [0.717, 1.165) is 33.7 Å². The van der Waals surface area contributed by atoms with Crippen LogP contribution >= 0.6 is 11.3 Å². The number of aromatic nitrogens is 1. The van der Waals surface area contributed by atoms with Crippen LogP contribution in [0.3, 0.4) is 0 Å². The van der Waals surface area contributed by atoms with Gasteiger partial charge in [-0.3, -0.25) is 9.69 Å². The minimum absolute atomic E-state index is 0.0265. The Hall–Kier alpha value is -3.12. The lowest BCUT2D eigenvalue weighted by Gasteiger charge is -2.19. The zero-order valence-corrected chi connectivity index (χ0v) is 17.2. The molecule has 1 amide bonds. The summed E-state index contributed by atoms with van der Waals surface area (Å²) in [5.41, 5.74) is 3.09. The van der Waals surface area contributed by atoms with Gasteiger partial charge >= 0.3 is 0 Å². The summed E-state index contributed by atoms with van der Waals surface area (Å²) in [6.45, 7) is 2.48. The maximum atomic E-state index is 13.2. The topological polar surface area (TPSA) is 55.6 Å². The highest BCUT2D eigenvalue weighted by Gasteiger charge is 2.21. The maximum absolute atomic E-state index is 13.2. The number of amides is 1. The van der Waals surface area contributed by atoms with Gasteiger partial charge in [0.15, 0.2) is 5.13 Å². The molecule has 4 rings (SSSR count). The van der Waals surface area contributed by atoms with E-state index in [1.165, 1.54) is 16.9 Å². The number of carbonyl (C=O) groups is 1. The van der Waals surface area contributed by atoms with Gasteiger partial charge in [0.1, 0.15) is 11.5 Å². The van der Waals surface area contributed by atoms with Gasteiger partial charge in [-0.1, -0.05) is 36.5 Å². The van der Waals surface area contributed by atoms with Gasteiger partial charge < -0.3 is 9.15 Å². The number of methoxy groups -OCH3 is 1. The van der Waals surface area contributed by atoms with Crippen LogP contribution in [0, 0.1) is 0 Å². The Morgan fingerprint density at radius 2 is 1.93 bits per heavy atom. The fourth-order valence-corrected chi connectivity index (χ4v) is 4.17. The predicted octanol–water partition coefficient (Wildman–Crippen LogP) is 5.24. The highest BCUT2D eigenvalue weighted by Crippen LogP contribution is 2.31. The van der Waals surface area contributed by atoms with Gasteiger partial charge in [-0.05, 0) is 53.9 Å². The van der Waals surface area contributed by atoms with Gasteiger partial charge in [-0.2, -0.15) is 0 Å². The molecule has 0 atom stereocenters. The predicted molar refractivity (Wildman–Crippen MR) is 116 cm³/mol. The molecule has 0 aliphatic rings. The molecule has 4 aromatic rings. The number of carbonyl (C=O) groups excluding carboxylic acids is 1. The van der Waals surface area contributed by atoms with Crippen LogP contribution in [-0.4, -0.2) is 18.0 Å². The molecule has 6 heteroatoms. The molecule has 29 heavy (non-hydrogen) atoms. The zero-order valence-electron chi connectivity index (χ0n) is 16.4. The number of hydrogen-bond acceptors (Lipinski definition) is 5. The van der Waals surface area contributed by atoms with E-state index in [1.54, 1.807) is 18.3 Å². The Kier molecular flexibility index (Phi) is 5.62. The molecular formula is C23H22N2O3S. The molecule has 0 fully saturated rings. The summed E-state index contributed by atoms with van der Waals surface area (Å²) < 4.78 is 11.8. The van der Waals surface area contributed by atoms with Crippen molar-refractivity contribution in [2.45, 2.75) is 26.3 Å². The van der Waals surface area contributed by atoms with Gasteiger partial charge in [0, 0.05) is 0 Å². The van der Waals surface area contributed by atoms with Crippen LogP contribution in [-0.2, 0) is 24.2 Å². The van der Waals surface area contributed by atoms with Crippen molar-refractivity contribution in [3.05, 3.63) is 77.7 Å². The van der Waals surface area contributed by atoms with Gasteiger partial charge in [-0.25, -0.2) is 4.98 Å². The molecule has 2 aromatic carbocycles. The minimum atomic E-state index is -0.0265. The fraction of sp³-hybridized carbons (Fsp3) is 0.217. The number of nitrogens with zero attached hydrogens (tertiary/aromatic N) is 2. The summed E-state index contributed by atoms with van der Waals surface area (Å²) in [5, 5.41) is 0.683. The quantitative estimate of drug-likeness (QED) is 0.421. The van der Waals surface area contributed by atoms with E-state index in [9.17, 15) is 4.79 Å². The first-order valence-corrected chi connectivity index (χ1v) is 10.3. The first-order valence-electron chi connectivity index (χ1n) is 9.51. The van der Waals surface area contributed by atoms with E-state index in [-0.39, 0.29) is 12.3 Å². The van der Waals surface area contributed by atoms with Crippen LogP contribution < -0.4 is 9.64 Å². The Bertz CT molecular complexity index is 1100. The maximum Gasteiger partial charge on any atom is 0.233 e. The van der Waals surface area contributed by atoms with Crippen molar-refractivity contribution in [1.82, 2.24) is 4.98 Å². The van der Waals surface area contributed by atoms with Crippen molar-refractivity contribution in [3.8, 4) is 5.75 Å². The fourth-order valence-electron chi connectivity index (χ4n) is 3.13. The molecule has 0 spiro atoms. The lowest BCUT2D eigenvalue weighted by Crippen LogP contribution is -2.31. The third kappa shape index (κ3) is 4.32. The third-order valence-corrected chi connectivity index (χ3v) is 5.83. The van der Waals surface area contributed by atoms with E-state index in [4.69, 9.17) is 14.1 Å². The number of furan rings is 1. The highest BCUT2D eigenvalue weighted by molar-refractivity contribution is 7.22. The lowest BCUT2D eigenvalue weighted by molar-refractivity contribution is -0.118. The van der Waals surface area contributed by atoms with Crippen molar-refractivity contribution in [2.24, 2.45) is 0 Å². The van der Waals surface area contributed by atoms with Crippen molar-refractivity contribution in [2.75, 3.05) is 12.0 Å². The number of aryl methyl sites for hydroxylation is 1. The first-order chi connectivity index (χ1) is 14.2. The average molecular weight is 407 g/mol. The summed E-state index contributed by atoms with van der Waals surface area (Å²) >= 11 is 1.53. The van der Waals surface area contributed by atoms with Crippen LogP contribution in [0.5, 0.6) is 5.75 Å². The van der Waals surface area contributed by atoms with Crippen molar-refractivity contribution < 1.29 is 13.9 Å². The molecule has 2 aromatic heterocycles. The number of anilines is 1.